The third kappa shape index (κ3) is 2.03. The van der Waals surface area contributed by atoms with Gasteiger partial charge in [-0.05, 0) is 43.7 Å². The van der Waals surface area contributed by atoms with Crippen molar-refractivity contribution in [2.24, 2.45) is 5.92 Å². The fourth-order valence-electron chi connectivity index (χ4n) is 3.68. The summed E-state index contributed by atoms with van der Waals surface area (Å²) in [6, 6.07) is 7.08. The van der Waals surface area contributed by atoms with Crippen molar-refractivity contribution in [3.05, 3.63) is 35.4 Å². The molecular formula is C17H18N2O3. The van der Waals surface area contributed by atoms with Crippen LogP contribution in [-0.2, 0) is 4.79 Å². The van der Waals surface area contributed by atoms with Crippen LogP contribution in [0.4, 0.5) is 0 Å². The number of imide groups is 1. The Balaban J connectivity index is 1.51. The predicted molar refractivity (Wildman–Crippen MR) is 79.3 cm³/mol. The van der Waals surface area contributed by atoms with Crippen molar-refractivity contribution in [1.82, 2.24) is 9.80 Å². The SMILES string of the molecule is O=C1c2ccccc2C(=O)N1CC(=O)N1CCCC1C1CC1. The van der Waals surface area contributed by atoms with Crippen LogP contribution in [0.2, 0.25) is 0 Å². The van der Waals surface area contributed by atoms with Crippen molar-refractivity contribution in [2.45, 2.75) is 31.7 Å². The zero-order valence-corrected chi connectivity index (χ0v) is 12.3. The molecule has 1 aromatic carbocycles. The molecule has 4 rings (SSSR count). The minimum atomic E-state index is -0.351. The molecule has 1 saturated carbocycles. The van der Waals surface area contributed by atoms with E-state index in [1.165, 1.54) is 12.8 Å². The summed E-state index contributed by atoms with van der Waals surface area (Å²) in [6.07, 6.45) is 4.47. The first kappa shape index (κ1) is 13.5. The minimum Gasteiger partial charge on any atom is -0.338 e. The first-order chi connectivity index (χ1) is 10.7. The lowest BCUT2D eigenvalue weighted by Gasteiger charge is -2.26. The molecule has 0 N–H and O–H groups in total. The van der Waals surface area contributed by atoms with Gasteiger partial charge in [-0.15, -0.1) is 0 Å². The molecule has 0 spiro atoms. The maximum Gasteiger partial charge on any atom is 0.262 e. The van der Waals surface area contributed by atoms with Crippen molar-refractivity contribution in [2.75, 3.05) is 13.1 Å². The van der Waals surface area contributed by atoms with Gasteiger partial charge in [0, 0.05) is 12.6 Å². The van der Waals surface area contributed by atoms with Gasteiger partial charge in [0.15, 0.2) is 0 Å². The van der Waals surface area contributed by atoms with Crippen LogP contribution in [0.5, 0.6) is 0 Å². The van der Waals surface area contributed by atoms with Gasteiger partial charge < -0.3 is 4.90 Å². The van der Waals surface area contributed by atoms with Gasteiger partial charge in [0.25, 0.3) is 11.8 Å². The lowest BCUT2D eigenvalue weighted by Crippen LogP contribution is -2.45. The normalized spacial score (nSPS) is 24.1. The highest BCUT2D eigenvalue weighted by Crippen LogP contribution is 2.40. The molecule has 3 aliphatic rings. The van der Waals surface area contributed by atoms with E-state index in [9.17, 15) is 14.4 Å². The highest BCUT2D eigenvalue weighted by atomic mass is 16.2. The van der Waals surface area contributed by atoms with E-state index in [-0.39, 0.29) is 24.3 Å². The summed E-state index contributed by atoms with van der Waals surface area (Å²) in [5.41, 5.74) is 0.806. The van der Waals surface area contributed by atoms with Crippen LogP contribution in [0.15, 0.2) is 24.3 Å². The number of hydrogen-bond donors (Lipinski definition) is 0. The minimum absolute atomic E-state index is 0.0936. The van der Waals surface area contributed by atoms with Gasteiger partial charge in [0.2, 0.25) is 5.91 Å². The highest BCUT2D eigenvalue weighted by molar-refractivity contribution is 6.22. The largest absolute Gasteiger partial charge is 0.338 e. The second kappa shape index (κ2) is 4.93. The Morgan fingerprint density at radius 3 is 2.27 bits per heavy atom. The van der Waals surface area contributed by atoms with Crippen molar-refractivity contribution in [3.63, 3.8) is 0 Å². The molecule has 22 heavy (non-hydrogen) atoms. The lowest BCUT2D eigenvalue weighted by molar-refractivity contribution is -0.132. The van der Waals surface area contributed by atoms with Gasteiger partial charge in [0.05, 0.1) is 11.1 Å². The molecule has 2 heterocycles. The monoisotopic (exact) mass is 298 g/mol. The Hall–Kier alpha value is -2.17. The third-order valence-electron chi connectivity index (χ3n) is 4.96. The number of amides is 3. The average molecular weight is 298 g/mol. The highest BCUT2D eigenvalue weighted by Gasteiger charge is 2.42. The second-order valence-electron chi connectivity index (χ2n) is 6.38. The molecule has 2 fully saturated rings. The van der Waals surface area contributed by atoms with Crippen LogP contribution in [0.1, 0.15) is 46.4 Å². The van der Waals surface area contributed by atoms with Crippen molar-refractivity contribution >= 4 is 17.7 Å². The fourth-order valence-corrected chi connectivity index (χ4v) is 3.68. The van der Waals surface area contributed by atoms with Crippen LogP contribution in [0.3, 0.4) is 0 Å². The van der Waals surface area contributed by atoms with Crippen LogP contribution in [0.25, 0.3) is 0 Å². The first-order valence-corrected chi connectivity index (χ1v) is 7.91. The van der Waals surface area contributed by atoms with Gasteiger partial charge >= 0.3 is 0 Å². The Morgan fingerprint density at radius 2 is 1.68 bits per heavy atom. The van der Waals surface area contributed by atoms with Gasteiger partial charge in [-0.25, -0.2) is 0 Å². The summed E-state index contributed by atoms with van der Waals surface area (Å²) < 4.78 is 0. The number of carbonyl (C=O) groups is 3. The number of likely N-dealkylation sites (tertiary alicyclic amines) is 1. The maximum atomic E-state index is 12.6. The van der Waals surface area contributed by atoms with Gasteiger partial charge in [-0.3, -0.25) is 19.3 Å². The summed E-state index contributed by atoms with van der Waals surface area (Å²) in [5, 5.41) is 0. The molecule has 0 radical (unpaired) electrons. The smallest absolute Gasteiger partial charge is 0.262 e. The standard InChI is InChI=1S/C17H18N2O3/c20-15(18-9-3-6-14(18)11-7-8-11)10-19-16(21)12-4-1-2-5-13(12)17(19)22/h1-2,4-5,11,14H,3,6-10H2. The Bertz CT molecular complexity index is 631. The molecule has 0 aromatic heterocycles. The Morgan fingerprint density at radius 1 is 1.05 bits per heavy atom. The van der Waals surface area contributed by atoms with Crippen molar-refractivity contribution < 1.29 is 14.4 Å². The molecule has 0 bridgehead atoms. The number of carbonyl (C=O) groups excluding carboxylic acids is 3. The van der Waals surface area contributed by atoms with Gasteiger partial charge in [-0.1, -0.05) is 12.1 Å². The van der Waals surface area contributed by atoms with E-state index in [1.807, 2.05) is 4.90 Å². The van der Waals surface area contributed by atoms with E-state index in [4.69, 9.17) is 0 Å². The summed E-state index contributed by atoms with van der Waals surface area (Å²) in [4.78, 5) is 40.2. The predicted octanol–water partition coefficient (Wildman–Crippen LogP) is 1.68. The zero-order chi connectivity index (χ0) is 15.3. The summed E-state index contributed by atoms with van der Waals surface area (Å²) in [7, 11) is 0. The third-order valence-corrected chi connectivity index (χ3v) is 4.96. The number of benzene rings is 1. The van der Waals surface area contributed by atoms with Crippen LogP contribution in [0, 0.1) is 5.92 Å². The number of nitrogens with zero attached hydrogens (tertiary/aromatic N) is 2. The Kier molecular flexibility index (Phi) is 3.03. The molecule has 114 valence electrons. The van der Waals surface area contributed by atoms with E-state index in [0.717, 1.165) is 24.3 Å². The average Bonchev–Trinajstić information content (AvgIpc) is 3.22. The van der Waals surface area contributed by atoms with Crippen LogP contribution in [-0.4, -0.2) is 46.7 Å². The molecule has 1 aromatic rings. The molecule has 5 heteroatoms. The number of fused-ring (bicyclic) bond motifs is 1. The fraction of sp³-hybridized carbons (Fsp3) is 0.471. The molecule has 1 saturated heterocycles. The molecular weight excluding hydrogens is 280 g/mol. The number of rotatable bonds is 3. The van der Waals surface area contributed by atoms with Crippen molar-refractivity contribution in [1.29, 1.82) is 0 Å². The van der Waals surface area contributed by atoms with Crippen LogP contribution < -0.4 is 0 Å². The molecule has 2 aliphatic heterocycles. The van der Waals surface area contributed by atoms with E-state index in [2.05, 4.69) is 0 Å². The lowest BCUT2D eigenvalue weighted by atomic mass is 10.1. The Labute approximate surface area is 128 Å². The molecule has 5 nitrogen and oxygen atoms in total. The van der Waals surface area contributed by atoms with Gasteiger partial charge in [-0.2, -0.15) is 0 Å². The molecule has 1 aliphatic carbocycles. The van der Waals surface area contributed by atoms with Crippen LogP contribution >= 0.6 is 0 Å². The number of hydrogen-bond acceptors (Lipinski definition) is 3. The topological polar surface area (TPSA) is 57.7 Å². The summed E-state index contributed by atoms with van der Waals surface area (Å²) in [6.45, 7) is 0.624. The summed E-state index contributed by atoms with van der Waals surface area (Å²) in [5.74, 6) is -0.162. The summed E-state index contributed by atoms with van der Waals surface area (Å²) >= 11 is 0. The first-order valence-electron chi connectivity index (χ1n) is 7.91. The van der Waals surface area contributed by atoms with E-state index in [0.29, 0.717) is 23.1 Å². The van der Waals surface area contributed by atoms with E-state index < -0.39 is 0 Å². The quantitative estimate of drug-likeness (QED) is 0.798. The molecule has 1 atom stereocenters. The molecule has 3 amide bonds. The van der Waals surface area contributed by atoms with Gasteiger partial charge in [0.1, 0.15) is 6.54 Å². The van der Waals surface area contributed by atoms with E-state index in [1.54, 1.807) is 24.3 Å². The van der Waals surface area contributed by atoms with Crippen molar-refractivity contribution in [3.8, 4) is 0 Å². The van der Waals surface area contributed by atoms with E-state index >= 15 is 0 Å². The molecule has 1 unspecified atom stereocenters. The maximum absolute atomic E-state index is 12.6. The zero-order valence-electron chi connectivity index (χ0n) is 12.3. The second-order valence-corrected chi connectivity index (χ2v) is 6.38.